The first kappa shape index (κ1) is 10.0. The van der Waals surface area contributed by atoms with Crippen molar-refractivity contribution in [3.05, 3.63) is 0 Å². The average Bonchev–Trinajstić information content (AvgIpc) is 2.29. The third-order valence-electron chi connectivity index (χ3n) is 3.22. The maximum Gasteiger partial charge on any atom is 0.0824 e. The van der Waals surface area contributed by atoms with Crippen LogP contribution in [0.25, 0.3) is 0 Å². The molecule has 0 amide bonds. The summed E-state index contributed by atoms with van der Waals surface area (Å²) in [6.45, 7) is 2.01. The van der Waals surface area contributed by atoms with Crippen molar-refractivity contribution in [3.63, 3.8) is 0 Å². The van der Waals surface area contributed by atoms with Gasteiger partial charge >= 0.3 is 0 Å². The van der Waals surface area contributed by atoms with Gasteiger partial charge in [0.25, 0.3) is 0 Å². The lowest BCUT2D eigenvalue weighted by Crippen LogP contribution is -2.34. The maximum atomic E-state index is 9.62. The Labute approximate surface area is 74.6 Å². The van der Waals surface area contributed by atoms with E-state index in [0.29, 0.717) is 0 Å². The molecule has 0 spiro atoms. The van der Waals surface area contributed by atoms with Gasteiger partial charge in [0.1, 0.15) is 0 Å². The molecular formula is C10H20O2. The van der Waals surface area contributed by atoms with E-state index in [0.717, 1.165) is 12.8 Å². The molecule has 0 bridgehead atoms. The van der Waals surface area contributed by atoms with Gasteiger partial charge in [0.15, 0.2) is 0 Å². The summed E-state index contributed by atoms with van der Waals surface area (Å²) in [6.07, 6.45) is 6.59. The minimum absolute atomic E-state index is 0.0226. The average molecular weight is 172 g/mol. The number of hydrogen-bond acceptors (Lipinski definition) is 2. The Morgan fingerprint density at radius 2 is 1.67 bits per heavy atom. The Hall–Kier alpha value is -0.0800. The van der Waals surface area contributed by atoms with Crippen molar-refractivity contribution in [2.24, 2.45) is 5.41 Å². The van der Waals surface area contributed by atoms with Crippen LogP contribution in [0.3, 0.4) is 0 Å². The second-order valence-electron chi connectivity index (χ2n) is 4.27. The molecule has 0 aromatic carbocycles. The van der Waals surface area contributed by atoms with Crippen LogP contribution in [-0.4, -0.2) is 22.9 Å². The standard InChI is InChI=1S/C10H20O2/c1-10(9(12)8-11)6-4-2-3-5-7-10/h9,11-12H,2-8H2,1H3. The largest absolute Gasteiger partial charge is 0.394 e. The summed E-state index contributed by atoms with van der Waals surface area (Å²) in [5.41, 5.74) is -0.0226. The van der Waals surface area contributed by atoms with Crippen molar-refractivity contribution in [1.82, 2.24) is 0 Å². The molecule has 1 aliphatic rings. The Kier molecular flexibility index (Phi) is 3.53. The normalized spacial score (nSPS) is 26.2. The molecule has 0 heterocycles. The van der Waals surface area contributed by atoms with E-state index < -0.39 is 6.10 Å². The van der Waals surface area contributed by atoms with Gasteiger partial charge in [-0.05, 0) is 18.3 Å². The van der Waals surface area contributed by atoms with Gasteiger partial charge in [-0.1, -0.05) is 32.6 Å². The molecule has 1 atom stereocenters. The SMILES string of the molecule is CC1(C(O)CO)CCCCCC1. The van der Waals surface area contributed by atoms with E-state index >= 15 is 0 Å². The van der Waals surface area contributed by atoms with Gasteiger partial charge < -0.3 is 10.2 Å². The zero-order chi connectivity index (χ0) is 9.03. The Morgan fingerprint density at radius 1 is 1.17 bits per heavy atom. The van der Waals surface area contributed by atoms with Gasteiger partial charge in [0.05, 0.1) is 12.7 Å². The summed E-state index contributed by atoms with van der Waals surface area (Å²) in [5.74, 6) is 0. The van der Waals surface area contributed by atoms with Gasteiger partial charge in [-0.15, -0.1) is 0 Å². The van der Waals surface area contributed by atoms with Gasteiger partial charge in [-0.2, -0.15) is 0 Å². The highest BCUT2D eigenvalue weighted by Gasteiger charge is 2.32. The fraction of sp³-hybridized carbons (Fsp3) is 1.00. The molecule has 1 fully saturated rings. The van der Waals surface area contributed by atoms with Crippen LogP contribution in [0.2, 0.25) is 0 Å². The van der Waals surface area contributed by atoms with Crippen LogP contribution in [-0.2, 0) is 0 Å². The van der Waals surface area contributed by atoms with E-state index in [4.69, 9.17) is 5.11 Å². The summed E-state index contributed by atoms with van der Waals surface area (Å²) >= 11 is 0. The Balaban J connectivity index is 2.53. The third-order valence-corrected chi connectivity index (χ3v) is 3.22. The monoisotopic (exact) mass is 172 g/mol. The maximum absolute atomic E-state index is 9.62. The predicted molar refractivity (Wildman–Crippen MR) is 48.9 cm³/mol. The second-order valence-corrected chi connectivity index (χ2v) is 4.27. The zero-order valence-corrected chi connectivity index (χ0v) is 7.92. The van der Waals surface area contributed by atoms with Gasteiger partial charge in [-0.3, -0.25) is 0 Å². The van der Waals surface area contributed by atoms with E-state index in [9.17, 15) is 5.11 Å². The minimum atomic E-state index is -0.518. The highest BCUT2D eigenvalue weighted by molar-refractivity contribution is 4.83. The summed E-state index contributed by atoms with van der Waals surface area (Å²) in [5, 5.41) is 18.5. The molecule has 2 N–H and O–H groups in total. The lowest BCUT2D eigenvalue weighted by molar-refractivity contribution is -0.0146. The lowest BCUT2D eigenvalue weighted by Gasteiger charge is -2.32. The first-order chi connectivity index (χ1) is 5.69. The highest BCUT2D eigenvalue weighted by atomic mass is 16.3. The topological polar surface area (TPSA) is 40.5 Å². The number of aliphatic hydroxyl groups excluding tert-OH is 2. The van der Waals surface area contributed by atoms with Crippen molar-refractivity contribution in [1.29, 1.82) is 0 Å². The van der Waals surface area contributed by atoms with E-state index in [1.165, 1.54) is 25.7 Å². The molecule has 0 radical (unpaired) electrons. The summed E-state index contributed by atoms with van der Waals surface area (Å²) in [7, 11) is 0. The van der Waals surface area contributed by atoms with Crippen LogP contribution in [0.4, 0.5) is 0 Å². The van der Waals surface area contributed by atoms with Gasteiger partial charge in [-0.25, -0.2) is 0 Å². The van der Waals surface area contributed by atoms with Crippen LogP contribution in [0, 0.1) is 5.41 Å². The second kappa shape index (κ2) is 4.24. The molecule has 2 nitrogen and oxygen atoms in total. The summed E-state index contributed by atoms with van der Waals surface area (Å²) in [4.78, 5) is 0. The molecule has 2 heteroatoms. The highest BCUT2D eigenvalue weighted by Crippen LogP contribution is 2.37. The molecule has 1 rings (SSSR count). The van der Waals surface area contributed by atoms with Crippen molar-refractivity contribution in [3.8, 4) is 0 Å². The summed E-state index contributed by atoms with van der Waals surface area (Å²) < 4.78 is 0. The number of aliphatic hydroxyl groups is 2. The predicted octanol–water partition coefficient (Wildman–Crippen LogP) is 1.70. The molecule has 0 aromatic rings. The van der Waals surface area contributed by atoms with Crippen molar-refractivity contribution in [2.45, 2.75) is 51.6 Å². The molecule has 0 saturated heterocycles. The van der Waals surface area contributed by atoms with Crippen LogP contribution >= 0.6 is 0 Å². The van der Waals surface area contributed by atoms with Gasteiger partial charge in [0, 0.05) is 0 Å². The quantitative estimate of drug-likeness (QED) is 0.622. The molecule has 0 aromatic heterocycles. The van der Waals surface area contributed by atoms with Crippen molar-refractivity contribution in [2.75, 3.05) is 6.61 Å². The third kappa shape index (κ3) is 2.20. The molecule has 1 aliphatic carbocycles. The van der Waals surface area contributed by atoms with E-state index in [1.54, 1.807) is 0 Å². The van der Waals surface area contributed by atoms with E-state index in [-0.39, 0.29) is 12.0 Å². The molecular weight excluding hydrogens is 152 g/mol. The molecule has 1 unspecified atom stereocenters. The fourth-order valence-electron chi connectivity index (χ4n) is 2.09. The van der Waals surface area contributed by atoms with Crippen LogP contribution in [0.5, 0.6) is 0 Å². The number of hydrogen-bond donors (Lipinski definition) is 2. The van der Waals surface area contributed by atoms with Crippen LogP contribution in [0.1, 0.15) is 45.4 Å². The Bertz CT molecular complexity index is 126. The van der Waals surface area contributed by atoms with Crippen molar-refractivity contribution < 1.29 is 10.2 Å². The number of rotatable bonds is 2. The lowest BCUT2D eigenvalue weighted by atomic mass is 9.77. The molecule has 12 heavy (non-hydrogen) atoms. The fourth-order valence-corrected chi connectivity index (χ4v) is 2.09. The van der Waals surface area contributed by atoms with Crippen LogP contribution in [0.15, 0.2) is 0 Å². The van der Waals surface area contributed by atoms with E-state index in [1.807, 2.05) is 0 Å². The molecule has 72 valence electrons. The minimum Gasteiger partial charge on any atom is -0.394 e. The van der Waals surface area contributed by atoms with Crippen LogP contribution < -0.4 is 0 Å². The zero-order valence-electron chi connectivity index (χ0n) is 7.92. The first-order valence-corrected chi connectivity index (χ1v) is 4.98. The smallest absolute Gasteiger partial charge is 0.0824 e. The van der Waals surface area contributed by atoms with Gasteiger partial charge in [0.2, 0.25) is 0 Å². The summed E-state index contributed by atoms with van der Waals surface area (Å²) in [6, 6.07) is 0. The van der Waals surface area contributed by atoms with Crippen molar-refractivity contribution >= 4 is 0 Å². The molecule has 1 saturated carbocycles. The Morgan fingerprint density at radius 3 is 2.08 bits per heavy atom. The van der Waals surface area contributed by atoms with E-state index in [2.05, 4.69) is 6.92 Å². The first-order valence-electron chi connectivity index (χ1n) is 4.98. The molecule has 0 aliphatic heterocycles.